The van der Waals surface area contributed by atoms with Crippen LogP contribution in [0.1, 0.15) is 15.4 Å². The molecule has 0 aliphatic rings. The average molecular weight is 282 g/mol. The molecule has 0 atom stereocenters. The number of nitrogens with zero attached hydrogens (tertiary/aromatic N) is 2. The van der Waals surface area contributed by atoms with Crippen LogP contribution in [0.3, 0.4) is 0 Å². The van der Waals surface area contributed by atoms with Gasteiger partial charge in [0.15, 0.2) is 21.6 Å². The normalized spacial score (nSPS) is 10.5. The van der Waals surface area contributed by atoms with Crippen LogP contribution in [-0.4, -0.2) is 31.9 Å². The van der Waals surface area contributed by atoms with Crippen molar-refractivity contribution in [2.24, 2.45) is 0 Å². The van der Waals surface area contributed by atoms with Crippen molar-refractivity contribution < 1.29 is 15.0 Å². The number of carbonyl (C=O) groups excluding carboxylic acids is 1. The molecule has 0 bridgehead atoms. The first-order valence-corrected chi connectivity index (χ1v) is 6.84. The summed E-state index contributed by atoms with van der Waals surface area (Å²) in [7, 11) is 0. The molecule has 0 unspecified atom stereocenters. The van der Waals surface area contributed by atoms with E-state index in [1.807, 2.05) is 6.92 Å². The minimum absolute atomic E-state index is 0.136. The van der Waals surface area contributed by atoms with Gasteiger partial charge in [0, 0.05) is 5.56 Å². The molecule has 0 aliphatic heterocycles. The molecular formula is C11H10N2O3S2. The fourth-order valence-electron chi connectivity index (χ4n) is 1.24. The minimum Gasteiger partial charge on any atom is -0.504 e. The van der Waals surface area contributed by atoms with Crippen LogP contribution in [0.25, 0.3) is 0 Å². The lowest BCUT2D eigenvalue weighted by atomic mass is 10.1. The fraction of sp³-hybridized carbons (Fsp3) is 0.182. The number of ketones is 1. The Balaban J connectivity index is 2.01. The van der Waals surface area contributed by atoms with Gasteiger partial charge in [0.1, 0.15) is 5.01 Å². The first-order chi connectivity index (χ1) is 8.56. The van der Waals surface area contributed by atoms with E-state index in [9.17, 15) is 9.90 Å². The van der Waals surface area contributed by atoms with Gasteiger partial charge in [0.05, 0.1) is 5.75 Å². The van der Waals surface area contributed by atoms with E-state index in [0.717, 1.165) is 9.35 Å². The van der Waals surface area contributed by atoms with Crippen LogP contribution in [0.15, 0.2) is 22.5 Å². The summed E-state index contributed by atoms with van der Waals surface area (Å²) >= 11 is 2.74. The molecule has 0 saturated carbocycles. The Morgan fingerprint density at radius 1 is 1.33 bits per heavy atom. The fourth-order valence-corrected chi connectivity index (χ4v) is 2.95. The highest BCUT2D eigenvalue weighted by Crippen LogP contribution is 2.27. The second-order valence-electron chi connectivity index (χ2n) is 3.50. The molecule has 0 spiro atoms. The standard InChI is InChI=1S/C11H10N2O3S2/c1-6-12-13-11(18-6)17-5-10(16)7-2-3-8(14)9(15)4-7/h2-4,14-15H,5H2,1H3. The van der Waals surface area contributed by atoms with E-state index in [1.54, 1.807) is 0 Å². The van der Waals surface area contributed by atoms with Crippen molar-refractivity contribution in [3.63, 3.8) is 0 Å². The molecule has 0 aliphatic carbocycles. The van der Waals surface area contributed by atoms with Crippen LogP contribution in [0.2, 0.25) is 0 Å². The molecule has 5 nitrogen and oxygen atoms in total. The summed E-state index contributed by atoms with van der Waals surface area (Å²) < 4.78 is 0.740. The monoisotopic (exact) mass is 282 g/mol. The van der Waals surface area contributed by atoms with Gasteiger partial charge in [0.25, 0.3) is 0 Å². The number of aromatic hydroxyl groups is 2. The Morgan fingerprint density at radius 3 is 2.72 bits per heavy atom. The molecule has 1 heterocycles. The van der Waals surface area contributed by atoms with E-state index in [-0.39, 0.29) is 23.0 Å². The zero-order chi connectivity index (χ0) is 13.1. The topological polar surface area (TPSA) is 83.3 Å². The molecule has 94 valence electrons. The summed E-state index contributed by atoms with van der Waals surface area (Å²) in [5, 5.41) is 27.1. The predicted molar refractivity (Wildman–Crippen MR) is 69.5 cm³/mol. The number of Topliss-reactive ketones (excluding diaryl/α,β-unsaturated/α-hetero) is 1. The van der Waals surface area contributed by atoms with Crippen molar-refractivity contribution in [3.8, 4) is 11.5 Å². The lowest BCUT2D eigenvalue weighted by Crippen LogP contribution is -2.01. The summed E-state index contributed by atoms with van der Waals surface area (Å²) in [6.45, 7) is 1.85. The van der Waals surface area contributed by atoms with E-state index >= 15 is 0 Å². The Labute approximate surface area is 112 Å². The first-order valence-electron chi connectivity index (χ1n) is 5.04. The van der Waals surface area contributed by atoms with Crippen molar-refractivity contribution in [2.75, 3.05) is 5.75 Å². The number of aromatic nitrogens is 2. The molecule has 18 heavy (non-hydrogen) atoms. The van der Waals surface area contributed by atoms with Gasteiger partial charge >= 0.3 is 0 Å². The van der Waals surface area contributed by atoms with Crippen molar-refractivity contribution in [1.29, 1.82) is 0 Å². The summed E-state index contributed by atoms with van der Waals surface area (Å²) in [5.74, 6) is -0.446. The molecule has 1 aromatic heterocycles. The SMILES string of the molecule is Cc1nnc(SCC(=O)c2ccc(O)c(O)c2)s1. The molecule has 0 fully saturated rings. The molecular weight excluding hydrogens is 272 g/mol. The highest BCUT2D eigenvalue weighted by atomic mass is 32.2. The second-order valence-corrected chi connectivity index (χ2v) is 5.91. The Kier molecular flexibility index (Phi) is 3.83. The van der Waals surface area contributed by atoms with Crippen LogP contribution in [0, 0.1) is 6.92 Å². The number of phenols is 2. The zero-order valence-electron chi connectivity index (χ0n) is 9.45. The summed E-state index contributed by atoms with van der Waals surface area (Å²) in [5.41, 5.74) is 0.360. The quantitative estimate of drug-likeness (QED) is 0.508. The molecule has 0 saturated heterocycles. The zero-order valence-corrected chi connectivity index (χ0v) is 11.1. The van der Waals surface area contributed by atoms with Gasteiger partial charge < -0.3 is 10.2 Å². The van der Waals surface area contributed by atoms with Gasteiger partial charge in [0.2, 0.25) is 0 Å². The van der Waals surface area contributed by atoms with Crippen molar-refractivity contribution >= 4 is 28.9 Å². The number of hydrogen-bond acceptors (Lipinski definition) is 7. The maximum absolute atomic E-state index is 11.8. The summed E-state index contributed by atoms with van der Waals surface area (Å²) in [6.07, 6.45) is 0. The first kappa shape index (κ1) is 12.8. The number of phenolic OH excluding ortho intramolecular Hbond substituents is 2. The van der Waals surface area contributed by atoms with Gasteiger partial charge in [-0.2, -0.15) is 0 Å². The number of hydrogen-bond donors (Lipinski definition) is 2. The molecule has 1 aromatic carbocycles. The van der Waals surface area contributed by atoms with Crippen LogP contribution < -0.4 is 0 Å². The lowest BCUT2D eigenvalue weighted by Gasteiger charge is -2.01. The smallest absolute Gasteiger partial charge is 0.174 e. The maximum atomic E-state index is 11.8. The summed E-state index contributed by atoms with van der Waals surface area (Å²) in [6, 6.07) is 4.02. The summed E-state index contributed by atoms with van der Waals surface area (Å²) in [4.78, 5) is 11.8. The van der Waals surface area contributed by atoms with E-state index in [2.05, 4.69) is 10.2 Å². The third-order valence-corrected chi connectivity index (χ3v) is 4.10. The molecule has 0 radical (unpaired) electrons. The second kappa shape index (κ2) is 5.36. The van der Waals surface area contributed by atoms with Crippen LogP contribution in [0.5, 0.6) is 11.5 Å². The Hall–Kier alpha value is -1.60. The van der Waals surface area contributed by atoms with Gasteiger partial charge in [-0.05, 0) is 25.1 Å². The van der Waals surface area contributed by atoms with Crippen LogP contribution in [-0.2, 0) is 0 Å². The number of carbonyl (C=O) groups is 1. The Bertz CT molecular complexity index is 583. The van der Waals surface area contributed by atoms with E-state index in [4.69, 9.17) is 5.11 Å². The van der Waals surface area contributed by atoms with Crippen LogP contribution in [0.4, 0.5) is 0 Å². The number of thioether (sulfide) groups is 1. The number of aryl methyl sites for hydroxylation is 1. The Morgan fingerprint density at radius 2 is 2.11 bits per heavy atom. The molecule has 2 rings (SSSR count). The third kappa shape index (κ3) is 2.99. The van der Waals surface area contributed by atoms with E-state index in [1.165, 1.54) is 41.3 Å². The maximum Gasteiger partial charge on any atom is 0.174 e. The van der Waals surface area contributed by atoms with Crippen molar-refractivity contribution in [3.05, 3.63) is 28.8 Å². The van der Waals surface area contributed by atoms with Gasteiger partial charge in [-0.3, -0.25) is 4.79 Å². The van der Waals surface area contributed by atoms with E-state index in [0.29, 0.717) is 5.56 Å². The lowest BCUT2D eigenvalue weighted by molar-refractivity contribution is 0.102. The predicted octanol–water partition coefficient (Wildman–Crippen LogP) is 2.23. The number of rotatable bonds is 4. The van der Waals surface area contributed by atoms with Crippen LogP contribution >= 0.6 is 23.1 Å². The molecule has 0 amide bonds. The largest absolute Gasteiger partial charge is 0.504 e. The van der Waals surface area contributed by atoms with Gasteiger partial charge in [-0.25, -0.2) is 0 Å². The average Bonchev–Trinajstić information content (AvgIpc) is 2.75. The third-order valence-electron chi connectivity index (χ3n) is 2.13. The molecule has 2 aromatic rings. The van der Waals surface area contributed by atoms with E-state index < -0.39 is 0 Å². The van der Waals surface area contributed by atoms with Crippen molar-refractivity contribution in [1.82, 2.24) is 10.2 Å². The highest BCUT2D eigenvalue weighted by molar-refractivity contribution is 8.01. The minimum atomic E-state index is -0.294. The van der Waals surface area contributed by atoms with Crippen molar-refractivity contribution in [2.45, 2.75) is 11.3 Å². The molecule has 7 heteroatoms. The highest BCUT2D eigenvalue weighted by Gasteiger charge is 2.11. The van der Waals surface area contributed by atoms with Gasteiger partial charge in [-0.1, -0.05) is 23.1 Å². The van der Waals surface area contributed by atoms with Gasteiger partial charge in [-0.15, -0.1) is 10.2 Å². The molecule has 2 N–H and O–H groups in total. The number of benzene rings is 1.